The third kappa shape index (κ3) is 3.29. The Labute approximate surface area is 122 Å². The van der Waals surface area contributed by atoms with Crippen LogP contribution in [0.25, 0.3) is 0 Å². The first-order valence-electron chi connectivity index (χ1n) is 6.24. The van der Waals surface area contributed by atoms with Crippen molar-refractivity contribution in [3.8, 4) is 5.75 Å². The molecule has 19 heavy (non-hydrogen) atoms. The Hall–Kier alpha value is -1.48. The highest BCUT2D eigenvalue weighted by Gasteiger charge is 2.05. The summed E-state index contributed by atoms with van der Waals surface area (Å²) in [6, 6.07) is 12.3. The van der Waals surface area contributed by atoms with E-state index >= 15 is 0 Å². The molecule has 0 unspecified atom stereocenters. The fraction of sp³-hybridized carbons (Fsp3) is 0.250. The molecule has 0 saturated carbocycles. The van der Waals surface area contributed by atoms with Gasteiger partial charge in [0, 0.05) is 11.0 Å². The van der Waals surface area contributed by atoms with Crippen LogP contribution in [0.5, 0.6) is 5.75 Å². The van der Waals surface area contributed by atoms with E-state index in [9.17, 15) is 0 Å². The molecule has 0 aliphatic carbocycles. The van der Waals surface area contributed by atoms with Crippen LogP contribution in [-0.4, -0.2) is 7.11 Å². The van der Waals surface area contributed by atoms with Crippen LogP contribution in [0.1, 0.15) is 16.7 Å². The number of anilines is 1. The van der Waals surface area contributed by atoms with Gasteiger partial charge in [0.15, 0.2) is 0 Å². The minimum absolute atomic E-state index is 0.792. The average Bonchev–Trinajstić information content (AvgIpc) is 2.40. The number of hydrogen-bond donors (Lipinski definition) is 1. The van der Waals surface area contributed by atoms with E-state index in [1.54, 1.807) is 7.11 Å². The molecule has 0 spiro atoms. The number of nitrogens with one attached hydrogen (secondary N) is 1. The van der Waals surface area contributed by atoms with Crippen molar-refractivity contribution in [3.05, 3.63) is 57.6 Å². The SMILES string of the molecule is COc1ccc(Br)cc1NCc1cccc(C)c1C. The summed E-state index contributed by atoms with van der Waals surface area (Å²) in [5.74, 6) is 0.855. The van der Waals surface area contributed by atoms with E-state index in [1.807, 2.05) is 18.2 Å². The first-order chi connectivity index (χ1) is 9.11. The molecule has 0 bridgehead atoms. The second-order valence-electron chi connectivity index (χ2n) is 4.56. The minimum atomic E-state index is 0.792. The molecule has 0 heterocycles. The van der Waals surface area contributed by atoms with Crippen molar-refractivity contribution < 1.29 is 4.74 Å². The number of rotatable bonds is 4. The van der Waals surface area contributed by atoms with Crippen LogP contribution in [0.2, 0.25) is 0 Å². The minimum Gasteiger partial charge on any atom is -0.495 e. The highest BCUT2D eigenvalue weighted by Crippen LogP contribution is 2.28. The van der Waals surface area contributed by atoms with Gasteiger partial charge in [-0.15, -0.1) is 0 Å². The highest BCUT2D eigenvalue weighted by atomic mass is 79.9. The molecule has 100 valence electrons. The van der Waals surface area contributed by atoms with Gasteiger partial charge in [0.1, 0.15) is 5.75 Å². The summed E-state index contributed by atoms with van der Waals surface area (Å²) in [6.07, 6.45) is 0. The number of aryl methyl sites for hydroxylation is 1. The highest BCUT2D eigenvalue weighted by molar-refractivity contribution is 9.10. The molecule has 2 rings (SSSR count). The third-order valence-corrected chi connectivity index (χ3v) is 3.84. The molecule has 0 saturated heterocycles. The molecule has 0 radical (unpaired) electrons. The number of benzene rings is 2. The molecule has 0 aliphatic rings. The Kier molecular flexibility index (Phi) is 4.48. The van der Waals surface area contributed by atoms with Crippen molar-refractivity contribution in [1.29, 1.82) is 0 Å². The number of methoxy groups -OCH3 is 1. The van der Waals surface area contributed by atoms with Gasteiger partial charge in [-0.25, -0.2) is 0 Å². The molecule has 0 fully saturated rings. The summed E-state index contributed by atoms with van der Waals surface area (Å²) >= 11 is 3.48. The lowest BCUT2D eigenvalue weighted by Gasteiger charge is -2.14. The standard InChI is InChI=1S/C16H18BrNO/c1-11-5-4-6-13(12(11)2)10-18-15-9-14(17)7-8-16(15)19-3/h4-9,18H,10H2,1-3H3. The van der Waals surface area contributed by atoms with Crippen molar-refractivity contribution in [2.75, 3.05) is 12.4 Å². The summed E-state index contributed by atoms with van der Waals surface area (Å²) in [4.78, 5) is 0. The van der Waals surface area contributed by atoms with Gasteiger partial charge in [0.25, 0.3) is 0 Å². The van der Waals surface area contributed by atoms with E-state index in [0.717, 1.165) is 22.5 Å². The van der Waals surface area contributed by atoms with Crippen molar-refractivity contribution in [3.63, 3.8) is 0 Å². The Bertz CT molecular complexity index is 581. The van der Waals surface area contributed by atoms with Gasteiger partial charge < -0.3 is 10.1 Å². The molecule has 2 aromatic rings. The monoisotopic (exact) mass is 319 g/mol. The van der Waals surface area contributed by atoms with Gasteiger partial charge in [0.2, 0.25) is 0 Å². The molecular formula is C16H18BrNO. The fourth-order valence-electron chi connectivity index (χ4n) is 2.01. The van der Waals surface area contributed by atoms with E-state index in [4.69, 9.17) is 4.74 Å². The van der Waals surface area contributed by atoms with E-state index in [-0.39, 0.29) is 0 Å². The van der Waals surface area contributed by atoms with Gasteiger partial charge in [-0.3, -0.25) is 0 Å². The van der Waals surface area contributed by atoms with Gasteiger partial charge in [-0.1, -0.05) is 34.1 Å². The Morgan fingerprint density at radius 3 is 2.68 bits per heavy atom. The van der Waals surface area contributed by atoms with Crippen LogP contribution in [0, 0.1) is 13.8 Å². The number of ether oxygens (including phenoxy) is 1. The van der Waals surface area contributed by atoms with Gasteiger partial charge in [-0.2, -0.15) is 0 Å². The molecule has 2 aromatic carbocycles. The molecule has 0 aliphatic heterocycles. The van der Waals surface area contributed by atoms with Crippen molar-refractivity contribution in [1.82, 2.24) is 0 Å². The summed E-state index contributed by atoms with van der Waals surface area (Å²) in [5.41, 5.74) is 4.96. The smallest absolute Gasteiger partial charge is 0.142 e. The van der Waals surface area contributed by atoms with E-state index in [1.165, 1.54) is 16.7 Å². The van der Waals surface area contributed by atoms with Crippen LogP contribution in [0.15, 0.2) is 40.9 Å². The molecule has 2 nitrogen and oxygen atoms in total. The average molecular weight is 320 g/mol. The normalized spacial score (nSPS) is 10.3. The predicted octanol–water partition coefficient (Wildman–Crippen LogP) is 4.69. The van der Waals surface area contributed by atoms with E-state index in [2.05, 4.69) is 53.3 Å². The first-order valence-corrected chi connectivity index (χ1v) is 7.03. The second-order valence-corrected chi connectivity index (χ2v) is 5.47. The maximum Gasteiger partial charge on any atom is 0.142 e. The van der Waals surface area contributed by atoms with Crippen molar-refractivity contribution in [2.24, 2.45) is 0 Å². The number of hydrogen-bond acceptors (Lipinski definition) is 2. The first kappa shape index (κ1) is 13.9. The van der Waals surface area contributed by atoms with Crippen LogP contribution in [0.4, 0.5) is 5.69 Å². The largest absolute Gasteiger partial charge is 0.495 e. The molecule has 0 atom stereocenters. The third-order valence-electron chi connectivity index (χ3n) is 3.35. The zero-order valence-electron chi connectivity index (χ0n) is 11.5. The maximum atomic E-state index is 5.36. The lowest BCUT2D eigenvalue weighted by Crippen LogP contribution is -2.03. The topological polar surface area (TPSA) is 21.3 Å². The predicted molar refractivity (Wildman–Crippen MR) is 83.9 cm³/mol. The zero-order chi connectivity index (χ0) is 13.8. The second kappa shape index (κ2) is 6.11. The van der Waals surface area contributed by atoms with Gasteiger partial charge in [0.05, 0.1) is 12.8 Å². The quantitative estimate of drug-likeness (QED) is 0.883. The van der Waals surface area contributed by atoms with Crippen LogP contribution >= 0.6 is 15.9 Å². The molecule has 0 aromatic heterocycles. The Morgan fingerprint density at radius 2 is 1.95 bits per heavy atom. The molecule has 0 amide bonds. The Balaban J connectivity index is 2.18. The zero-order valence-corrected chi connectivity index (χ0v) is 13.0. The lowest BCUT2D eigenvalue weighted by molar-refractivity contribution is 0.416. The molecular weight excluding hydrogens is 302 g/mol. The molecule has 3 heteroatoms. The van der Waals surface area contributed by atoms with E-state index in [0.29, 0.717) is 0 Å². The Morgan fingerprint density at radius 1 is 1.16 bits per heavy atom. The van der Waals surface area contributed by atoms with Crippen LogP contribution in [0.3, 0.4) is 0 Å². The van der Waals surface area contributed by atoms with Gasteiger partial charge >= 0.3 is 0 Å². The van der Waals surface area contributed by atoms with Crippen molar-refractivity contribution in [2.45, 2.75) is 20.4 Å². The van der Waals surface area contributed by atoms with E-state index < -0.39 is 0 Å². The summed E-state index contributed by atoms with van der Waals surface area (Å²) < 4.78 is 6.40. The maximum absolute atomic E-state index is 5.36. The van der Waals surface area contributed by atoms with Crippen LogP contribution in [-0.2, 0) is 6.54 Å². The lowest BCUT2D eigenvalue weighted by atomic mass is 10.0. The number of halogens is 1. The van der Waals surface area contributed by atoms with Crippen molar-refractivity contribution >= 4 is 21.6 Å². The molecule has 1 N–H and O–H groups in total. The summed E-state index contributed by atoms with van der Waals surface area (Å²) in [6.45, 7) is 5.09. The summed E-state index contributed by atoms with van der Waals surface area (Å²) in [5, 5.41) is 3.43. The van der Waals surface area contributed by atoms with Gasteiger partial charge in [-0.05, 0) is 48.7 Å². The van der Waals surface area contributed by atoms with Crippen LogP contribution < -0.4 is 10.1 Å². The summed E-state index contributed by atoms with van der Waals surface area (Å²) in [7, 11) is 1.69. The fourth-order valence-corrected chi connectivity index (χ4v) is 2.37.